The van der Waals surface area contributed by atoms with Crippen molar-refractivity contribution in [2.45, 2.75) is 45.3 Å². The molecule has 0 spiro atoms. The van der Waals surface area contributed by atoms with Gasteiger partial charge in [-0.15, -0.1) is 0 Å². The Bertz CT molecular complexity index is 991. The summed E-state index contributed by atoms with van der Waals surface area (Å²) in [6.45, 7) is 1.67. The summed E-state index contributed by atoms with van der Waals surface area (Å²) < 4.78 is 40.7. The molecule has 0 aliphatic carbocycles. The molecule has 35 heavy (non-hydrogen) atoms. The number of aromatic nitrogens is 2. The number of hydrazine groups is 1. The first kappa shape index (κ1) is 27.5. The Labute approximate surface area is 199 Å². The average molecular weight is 496 g/mol. The first-order valence-corrected chi connectivity index (χ1v) is 10.9. The number of anilines is 1. The zero-order valence-corrected chi connectivity index (χ0v) is 19.0. The van der Waals surface area contributed by atoms with Crippen molar-refractivity contribution in [1.29, 1.82) is 0 Å². The van der Waals surface area contributed by atoms with Gasteiger partial charge in [-0.25, -0.2) is 15.0 Å². The van der Waals surface area contributed by atoms with E-state index in [9.17, 15) is 32.8 Å². The summed E-state index contributed by atoms with van der Waals surface area (Å²) in [6, 6.07) is 8.63. The number of carbonyl (C=O) groups is 3. The first-order chi connectivity index (χ1) is 16.7. The SMILES string of the molecule is CCCCC[C@@H](CN(O)C=O)C(=O)NNc1ncc(C(=O)NCc2ccccc2)c(C(F)(F)F)n1. The number of alkyl halides is 3. The molecule has 3 amide bonds. The second-order valence-electron chi connectivity index (χ2n) is 7.66. The quantitative estimate of drug-likeness (QED) is 0.145. The van der Waals surface area contributed by atoms with Gasteiger partial charge in [0.25, 0.3) is 5.91 Å². The van der Waals surface area contributed by atoms with Gasteiger partial charge in [0.15, 0.2) is 5.69 Å². The molecule has 13 heteroatoms. The molecule has 1 atom stereocenters. The third kappa shape index (κ3) is 8.85. The van der Waals surface area contributed by atoms with Gasteiger partial charge in [0.2, 0.25) is 18.3 Å². The lowest BCUT2D eigenvalue weighted by atomic mass is 10.0. The molecule has 1 aromatic heterocycles. The van der Waals surface area contributed by atoms with E-state index in [-0.39, 0.29) is 19.5 Å². The Balaban J connectivity index is 2.10. The summed E-state index contributed by atoms with van der Waals surface area (Å²) >= 11 is 0. The third-order valence-electron chi connectivity index (χ3n) is 4.95. The molecule has 190 valence electrons. The highest BCUT2D eigenvalue weighted by molar-refractivity contribution is 5.95. The lowest BCUT2D eigenvalue weighted by Gasteiger charge is -2.20. The van der Waals surface area contributed by atoms with Crippen molar-refractivity contribution in [3.63, 3.8) is 0 Å². The Kier molecular flexibility index (Phi) is 10.4. The van der Waals surface area contributed by atoms with Gasteiger partial charge in [0.1, 0.15) is 0 Å². The van der Waals surface area contributed by atoms with E-state index in [4.69, 9.17) is 0 Å². The Morgan fingerprint density at radius 3 is 2.54 bits per heavy atom. The molecular formula is C22H27F3N6O4. The van der Waals surface area contributed by atoms with Crippen LogP contribution < -0.4 is 16.2 Å². The molecule has 2 rings (SSSR count). The lowest BCUT2D eigenvalue weighted by Crippen LogP contribution is -2.40. The zero-order valence-electron chi connectivity index (χ0n) is 19.0. The van der Waals surface area contributed by atoms with Gasteiger partial charge >= 0.3 is 6.18 Å². The van der Waals surface area contributed by atoms with E-state index in [1.807, 2.05) is 6.92 Å². The van der Waals surface area contributed by atoms with Gasteiger partial charge in [-0.3, -0.25) is 30.4 Å². The Morgan fingerprint density at radius 1 is 1.20 bits per heavy atom. The molecule has 0 aliphatic heterocycles. The first-order valence-electron chi connectivity index (χ1n) is 10.9. The van der Waals surface area contributed by atoms with Gasteiger partial charge in [0, 0.05) is 12.7 Å². The van der Waals surface area contributed by atoms with Crippen LogP contribution in [0, 0.1) is 5.92 Å². The number of halogens is 3. The van der Waals surface area contributed by atoms with Gasteiger partial charge in [-0.1, -0.05) is 56.5 Å². The normalized spacial score (nSPS) is 11.9. The summed E-state index contributed by atoms with van der Waals surface area (Å²) in [6.07, 6.45) is -1.44. The zero-order chi connectivity index (χ0) is 25.8. The summed E-state index contributed by atoms with van der Waals surface area (Å²) in [7, 11) is 0. The standard InChI is InChI=1S/C22H27F3N6O4/c1-2-3-5-10-16(13-31(35)14-32)19(33)29-30-21-27-12-17(18(28-21)22(23,24)25)20(34)26-11-15-8-6-4-7-9-15/h4,6-9,12,14,16,35H,2-3,5,10-11,13H2,1H3,(H,26,34)(H,29,33)(H,27,28,30)/t16-/m0/s1. The van der Waals surface area contributed by atoms with Crippen molar-refractivity contribution >= 4 is 24.2 Å². The third-order valence-corrected chi connectivity index (χ3v) is 4.95. The molecule has 0 saturated heterocycles. The number of unbranched alkanes of at least 4 members (excludes halogenated alkanes) is 2. The number of hydroxylamine groups is 2. The number of hydrogen-bond acceptors (Lipinski definition) is 7. The van der Waals surface area contributed by atoms with E-state index in [2.05, 4.69) is 26.1 Å². The van der Waals surface area contributed by atoms with Crippen LogP contribution in [0.3, 0.4) is 0 Å². The molecule has 4 N–H and O–H groups in total. The van der Waals surface area contributed by atoms with Crippen LogP contribution in [-0.2, 0) is 22.3 Å². The number of rotatable bonds is 13. The van der Waals surface area contributed by atoms with E-state index in [0.717, 1.165) is 12.8 Å². The summed E-state index contributed by atoms with van der Waals surface area (Å²) in [5, 5.41) is 12.1. The van der Waals surface area contributed by atoms with Gasteiger partial charge in [0.05, 0.1) is 18.0 Å². The number of nitrogens with zero attached hydrogens (tertiary/aromatic N) is 3. The fourth-order valence-corrected chi connectivity index (χ4v) is 3.13. The van der Waals surface area contributed by atoms with Crippen LogP contribution in [0.5, 0.6) is 0 Å². The van der Waals surface area contributed by atoms with Gasteiger partial charge in [-0.05, 0) is 12.0 Å². The number of hydrogen-bond donors (Lipinski definition) is 4. The molecule has 0 fully saturated rings. The van der Waals surface area contributed by atoms with E-state index >= 15 is 0 Å². The molecule has 2 aromatic rings. The number of benzene rings is 1. The predicted molar refractivity (Wildman–Crippen MR) is 119 cm³/mol. The molecule has 0 radical (unpaired) electrons. The summed E-state index contributed by atoms with van der Waals surface area (Å²) in [5.41, 5.74) is 2.84. The topological polar surface area (TPSA) is 137 Å². The largest absolute Gasteiger partial charge is 0.434 e. The van der Waals surface area contributed by atoms with Crippen molar-refractivity contribution in [3.05, 3.63) is 53.3 Å². The van der Waals surface area contributed by atoms with Crippen molar-refractivity contribution in [2.24, 2.45) is 5.92 Å². The fraction of sp³-hybridized carbons (Fsp3) is 0.409. The van der Waals surface area contributed by atoms with Gasteiger partial charge in [-0.2, -0.15) is 13.2 Å². The molecule has 0 bridgehead atoms. The molecule has 0 aliphatic rings. The number of carbonyl (C=O) groups excluding carboxylic acids is 3. The molecular weight excluding hydrogens is 469 g/mol. The monoisotopic (exact) mass is 496 g/mol. The minimum Gasteiger partial charge on any atom is -0.348 e. The second kappa shape index (κ2) is 13.2. The van der Waals surface area contributed by atoms with Crippen LogP contribution in [0.25, 0.3) is 0 Å². The van der Waals surface area contributed by atoms with E-state index in [1.165, 1.54) is 0 Å². The molecule has 0 unspecified atom stereocenters. The van der Waals surface area contributed by atoms with Crippen LogP contribution in [0.4, 0.5) is 19.1 Å². The smallest absolute Gasteiger partial charge is 0.348 e. The van der Waals surface area contributed by atoms with Crippen LogP contribution in [0.2, 0.25) is 0 Å². The van der Waals surface area contributed by atoms with Crippen LogP contribution in [-0.4, -0.2) is 45.0 Å². The maximum absolute atomic E-state index is 13.6. The van der Waals surface area contributed by atoms with E-state index in [1.54, 1.807) is 30.3 Å². The van der Waals surface area contributed by atoms with Crippen molar-refractivity contribution in [1.82, 2.24) is 25.8 Å². The number of amides is 3. The minimum absolute atomic E-state index is 0.00904. The van der Waals surface area contributed by atoms with Crippen LogP contribution in [0.1, 0.15) is 54.2 Å². The van der Waals surface area contributed by atoms with Crippen molar-refractivity contribution in [2.75, 3.05) is 12.0 Å². The maximum atomic E-state index is 13.6. The lowest BCUT2D eigenvalue weighted by molar-refractivity contribution is -0.154. The highest BCUT2D eigenvalue weighted by Gasteiger charge is 2.38. The molecule has 1 aromatic carbocycles. The minimum atomic E-state index is -4.97. The Hall–Kier alpha value is -3.74. The van der Waals surface area contributed by atoms with Gasteiger partial charge < -0.3 is 5.32 Å². The molecule has 0 saturated carbocycles. The Morgan fingerprint density at radius 2 is 1.91 bits per heavy atom. The van der Waals surface area contributed by atoms with Crippen molar-refractivity contribution in [3.8, 4) is 0 Å². The average Bonchev–Trinajstić information content (AvgIpc) is 2.85. The second-order valence-corrected chi connectivity index (χ2v) is 7.66. The van der Waals surface area contributed by atoms with E-state index < -0.39 is 41.1 Å². The number of nitrogens with one attached hydrogen (secondary N) is 3. The maximum Gasteiger partial charge on any atom is 0.434 e. The van der Waals surface area contributed by atoms with Crippen LogP contribution >= 0.6 is 0 Å². The molecule has 10 nitrogen and oxygen atoms in total. The summed E-state index contributed by atoms with van der Waals surface area (Å²) in [4.78, 5) is 42.6. The summed E-state index contributed by atoms with van der Waals surface area (Å²) in [5.74, 6) is -3.10. The van der Waals surface area contributed by atoms with E-state index in [0.29, 0.717) is 29.7 Å². The highest BCUT2D eigenvalue weighted by Crippen LogP contribution is 2.30. The highest BCUT2D eigenvalue weighted by atomic mass is 19.4. The van der Waals surface area contributed by atoms with Crippen LogP contribution in [0.15, 0.2) is 36.5 Å². The predicted octanol–water partition coefficient (Wildman–Crippen LogP) is 2.91. The molecule has 1 heterocycles. The fourth-order valence-electron chi connectivity index (χ4n) is 3.13. The van der Waals surface area contributed by atoms with Crippen molar-refractivity contribution < 1.29 is 32.8 Å².